The van der Waals surface area contributed by atoms with Crippen LogP contribution >= 0.6 is 0 Å². The molecule has 2 atom stereocenters. The first kappa shape index (κ1) is 14.7. The number of rotatable bonds is 2. The molecule has 1 heterocycles. The number of piperidine rings is 1. The number of hydrogen-bond donors (Lipinski definition) is 2. The number of nitrogens with zero attached hydrogens (tertiary/aromatic N) is 1. The van der Waals surface area contributed by atoms with Gasteiger partial charge in [0.05, 0.1) is 5.69 Å². The average Bonchev–Trinajstić information content (AvgIpc) is 2.45. The highest BCUT2D eigenvalue weighted by Crippen LogP contribution is 2.38. The number of hydrogen-bond acceptors (Lipinski definition) is 4. The van der Waals surface area contributed by atoms with E-state index in [0.29, 0.717) is 0 Å². The number of nitrogen functional groups attached to an aromatic ring is 1. The number of benzene rings is 1. The van der Waals surface area contributed by atoms with E-state index in [1.54, 1.807) is 6.07 Å². The fraction of sp³-hybridized carbons (Fsp3) is 0.600. The molecule has 5 nitrogen and oxygen atoms in total. The number of sulfonamides is 1. The molecule has 0 spiro atoms. The van der Waals surface area contributed by atoms with Crippen LogP contribution in [0.1, 0.15) is 32.1 Å². The predicted molar refractivity (Wildman–Crippen MR) is 84.5 cm³/mol. The minimum atomic E-state index is -3.74. The van der Waals surface area contributed by atoms with E-state index >= 15 is 0 Å². The quantitative estimate of drug-likeness (QED) is 0.817. The fourth-order valence-corrected chi connectivity index (χ4v) is 4.47. The lowest BCUT2D eigenvalue weighted by molar-refractivity contribution is 0.202. The molecule has 4 N–H and O–H groups in total. The van der Waals surface area contributed by atoms with Gasteiger partial charge in [0.1, 0.15) is 4.90 Å². The van der Waals surface area contributed by atoms with E-state index in [4.69, 9.17) is 10.9 Å². The maximum absolute atomic E-state index is 11.4. The molecule has 1 aliphatic carbocycles. The van der Waals surface area contributed by atoms with Gasteiger partial charge in [-0.05, 0) is 42.9 Å². The zero-order chi connectivity index (χ0) is 15.0. The first-order chi connectivity index (χ1) is 9.95. The Hall–Kier alpha value is -1.27. The molecule has 1 aliphatic heterocycles. The lowest BCUT2D eigenvalue weighted by Crippen LogP contribution is -2.41. The van der Waals surface area contributed by atoms with Crippen LogP contribution in [-0.2, 0) is 10.0 Å². The molecular weight excluding hydrogens is 286 g/mol. The molecule has 2 aliphatic rings. The second-order valence-electron chi connectivity index (χ2n) is 6.31. The van der Waals surface area contributed by atoms with E-state index in [2.05, 4.69) is 4.90 Å². The van der Waals surface area contributed by atoms with Crippen molar-refractivity contribution >= 4 is 21.4 Å². The summed E-state index contributed by atoms with van der Waals surface area (Å²) in [5, 5.41) is 5.15. The summed E-state index contributed by atoms with van der Waals surface area (Å²) in [5.74, 6) is 1.64. The van der Waals surface area contributed by atoms with Crippen molar-refractivity contribution in [1.29, 1.82) is 0 Å². The van der Waals surface area contributed by atoms with Gasteiger partial charge in [-0.3, -0.25) is 0 Å². The van der Waals surface area contributed by atoms with Crippen molar-refractivity contribution in [2.24, 2.45) is 17.0 Å². The minimum absolute atomic E-state index is 0.0128. The summed E-state index contributed by atoms with van der Waals surface area (Å²) in [4.78, 5) is 2.34. The van der Waals surface area contributed by atoms with Crippen molar-refractivity contribution in [3.05, 3.63) is 18.2 Å². The van der Waals surface area contributed by atoms with Gasteiger partial charge in [0.15, 0.2) is 0 Å². The summed E-state index contributed by atoms with van der Waals surface area (Å²) >= 11 is 0. The third kappa shape index (κ3) is 3.01. The summed E-state index contributed by atoms with van der Waals surface area (Å²) in [7, 11) is -3.74. The number of fused-ring (bicyclic) bond motifs is 1. The molecule has 1 aromatic carbocycles. The first-order valence-electron chi connectivity index (χ1n) is 7.62. The van der Waals surface area contributed by atoms with E-state index in [-0.39, 0.29) is 10.6 Å². The van der Waals surface area contributed by atoms with Gasteiger partial charge >= 0.3 is 0 Å². The van der Waals surface area contributed by atoms with Crippen LogP contribution in [-0.4, -0.2) is 21.5 Å². The number of nitrogens with two attached hydrogens (primary N) is 2. The van der Waals surface area contributed by atoms with Crippen molar-refractivity contribution in [2.45, 2.75) is 37.0 Å². The molecule has 0 amide bonds. The van der Waals surface area contributed by atoms with Gasteiger partial charge in [-0.2, -0.15) is 0 Å². The molecule has 0 aromatic heterocycles. The van der Waals surface area contributed by atoms with Crippen molar-refractivity contribution in [3.8, 4) is 0 Å². The van der Waals surface area contributed by atoms with Crippen molar-refractivity contribution in [1.82, 2.24) is 0 Å². The van der Waals surface area contributed by atoms with Crippen LogP contribution in [0.4, 0.5) is 11.4 Å². The molecule has 2 fully saturated rings. The van der Waals surface area contributed by atoms with Crippen LogP contribution in [0.25, 0.3) is 0 Å². The summed E-state index contributed by atoms with van der Waals surface area (Å²) in [5.41, 5.74) is 7.10. The van der Waals surface area contributed by atoms with Gasteiger partial charge in [-0.15, -0.1) is 0 Å². The third-order valence-electron chi connectivity index (χ3n) is 4.96. The van der Waals surface area contributed by atoms with Gasteiger partial charge in [-0.25, -0.2) is 13.6 Å². The van der Waals surface area contributed by atoms with Crippen LogP contribution in [0.2, 0.25) is 0 Å². The van der Waals surface area contributed by atoms with Crippen molar-refractivity contribution in [3.63, 3.8) is 0 Å². The zero-order valence-electron chi connectivity index (χ0n) is 12.2. The maximum atomic E-state index is 11.4. The van der Waals surface area contributed by atoms with Crippen molar-refractivity contribution < 1.29 is 8.42 Å². The molecule has 2 unspecified atom stereocenters. The highest BCUT2D eigenvalue weighted by molar-refractivity contribution is 7.89. The highest BCUT2D eigenvalue weighted by atomic mass is 32.2. The first-order valence-corrected chi connectivity index (χ1v) is 9.17. The maximum Gasteiger partial charge on any atom is 0.240 e. The predicted octanol–water partition coefficient (Wildman–Crippen LogP) is 1.93. The molecule has 21 heavy (non-hydrogen) atoms. The molecule has 0 bridgehead atoms. The monoisotopic (exact) mass is 309 g/mol. The molecule has 3 rings (SSSR count). The van der Waals surface area contributed by atoms with Gasteiger partial charge in [0, 0.05) is 18.8 Å². The van der Waals surface area contributed by atoms with Crippen molar-refractivity contribution in [2.75, 3.05) is 23.7 Å². The molecule has 6 heteroatoms. The zero-order valence-corrected chi connectivity index (χ0v) is 13.0. The van der Waals surface area contributed by atoms with Gasteiger partial charge < -0.3 is 10.6 Å². The Kier molecular flexibility index (Phi) is 3.84. The van der Waals surface area contributed by atoms with Gasteiger partial charge in [0.25, 0.3) is 0 Å². The standard InChI is InChI=1S/C15H23N3O2S/c16-14-9-13(5-6-15(14)21(17,19)20)18-8-7-11-3-1-2-4-12(11)10-18/h5-6,9,11-12H,1-4,7-8,10,16H2,(H2,17,19,20). The van der Waals surface area contributed by atoms with E-state index in [0.717, 1.165) is 30.6 Å². The Bertz CT molecular complexity index is 630. The summed E-state index contributed by atoms with van der Waals surface area (Å²) in [6, 6.07) is 5.08. The average molecular weight is 309 g/mol. The van der Waals surface area contributed by atoms with E-state index in [1.165, 1.54) is 38.2 Å². The fourth-order valence-electron chi connectivity index (χ4n) is 3.83. The number of primary sulfonamides is 1. The Labute approximate surface area is 126 Å². The third-order valence-corrected chi connectivity index (χ3v) is 5.94. The summed E-state index contributed by atoms with van der Waals surface area (Å²) in [6.07, 6.45) is 6.61. The van der Waals surface area contributed by atoms with Crippen LogP contribution in [0.5, 0.6) is 0 Å². The molecule has 1 aromatic rings. The molecule has 0 radical (unpaired) electrons. The van der Waals surface area contributed by atoms with E-state index in [1.807, 2.05) is 6.07 Å². The Morgan fingerprint density at radius 3 is 2.48 bits per heavy atom. The molecule has 116 valence electrons. The van der Waals surface area contributed by atoms with Crippen LogP contribution in [0.3, 0.4) is 0 Å². The summed E-state index contributed by atoms with van der Waals surface area (Å²) in [6.45, 7) is 2.08. The minimum Gasteiger partial charge on any atom is -0.398 e. The Morgan fingerprint density at radius 1 is 1.10 bits per heavy atom. The van der Waals surface area contributed by atoms with Gasteiger partial charge in [-0.1, -0.05) is 19.3 Å². The van der Waals surface area contributed by atoms with Gasteiger partial charge in [0.2, 0.25) is 10.0 Å². The SMILES string of the molecule is Nc1cc(N2CCC3CCCCC3C2)ccc1S(N)(=O)=O. The lowest BCUT2D eigenvalue weighted by Gasteiger charge is -2.42. The second-order valence-corrected chi connectivity index (χ2v) is 7.84. The molecular formula is C15H23N3O2S. The summed E-state index contributed by atoms with van der Waals surface area (Å²) < 4.78 is 22.8. The molecule has 1 saturated carbocycles. The highest BCUT2D eigenvalue weighted by Gasteiger charge is 2.31. The van der Waals surface area contributed by atoms with E-state index in [9.17, 15) is 8.42 Å². The lowest BCUT2D eigenvalue weighted by atomic mass is 9.75. The topological polar surface area (TPSA) is 89.4 Å². The smallest absolute Gasteiger partial charge is 0.240 e. The van der Waals surface area contributed by atoms with E-state index < -0.39 is 10.0 Å². The van der Waals surface area contributed by atoms with Crippen LogP contribution in [0, 0.1) is 11.8 Å². The van der Waals surface area contributed by atoms with Crippen LogP contribution in [0.15, 0.2) is 23.1 Å². The Balaban J connectivity index is 1.80. The largest absolute Gasteiger partial charge is 0.398 e. The number of anilines is 2. The normalized spacial score (nSPS) is 26.4. The second kappa shape index (κ2) is 5.50. The molecule has 1 saturated heterocycles. The van der Waals surface area contributed by atoms with Crippen LogP contribution < -0.4 is 15.8 Å². The Morgan fingerprint density at radius 2 is 1.81 bits per heavy atom.